The van der Waals surface area contributed by atoms with E-state index in [0.717, 1.165) is 22.8 Å². The van der Waals surface area contributed by atoms with Gasteiger partial charge in [-0.05, 0) is 35.3 Å². The van der Waals surface area contributed by atoms with E-state index >= 15 is 0 Å². The zero-order valence-corrected chi connectivity index (χ0v) is 12.5. The Morgan fingerprint density at radius 1 is 1.23 bits per heavy atom. The molecular weight excluding hydrogens is 304 g/mol. The van der Waals surface area contributed by atoms with Crippen LogP contribution in [0.5, 0.6) is 5.75 Å². The molecule has 0 radical (unpaired) electrons. The van der Waals surface area contributed by atoms with E-state index in [9.17, 15) is 14.9 Å². The smallest absolute Gasteiger partial charge is 0.288 e. The number of hydrogen-bond acceptors (Lipinski definition) is 5. The maximum Gasteiger partial charge on any atom is 0.288 e. The van der Waals surface area contributed by atoms with E-state index in [1.165, 1.54) is 16.1 Å². The maximum absolute atomic E-state index is 12.4. The fourth-order valence-corrected chi connectivity index (χ4v) is 3.32. The highest BCUT2D eigenvalue weighted by atomic mass is 32.1. The summed E-state index contributed by atoms with van der Waals surface area (Å²) in [4.78, 5) is 22.9. The molecule has 0 atom stereocenters. The lowest BCUT2D eigenvalue weighted by molar-refractivity contribution is -0.382. The molecule has 22 heavy (non-hydrogen) atoms. The molecule has 0 spiro atoms. The average molecular weight is 316 g/mol. The third-order valence-corrected chi connectivity index (χ3v) is 4.46. The number of hydrogen-bond donors (Lipinski definition) is 0. The van der Waals surface area contributed by atoms with E-state index < -0.39 is 4.92 Å². The number of nitro benzene ring substituents is 1. The van der Waals surface area contributed by atoms with Crippen LogP contribution in [-0.4, -0.2) is 16.0 Å². The first-order chi connectivity index (χ1) is 10.6. The molecule has 0 N–H and O–H groups in total. The van der Waals surface area contributed by atoms with Crippen molar-refractivity contribution in [2.75, 3.05) is 7.11 Å². The monoisotopic (exact) mass is 316 g/mol. The molecule has 0 aliphatic carbocycles. The van der Waals surface area contributed by atoms with Crippen molar-refractivity contribution >= 4 is 27.3 Å². The largest absolute Gasteiger partial charge is 0.497 e. The lowest BCUT2D eigenvalue weighted by Gasteiger charge is -2.03. The van der Waals surface area contributed by atoms with Crippen LogP contribution >= 0.6 is 11.5 Å². The highest BCUT2D eigenvalue weighted by molar-refractivity contribution is 7.14. The lowest BCUT2D eigenvalue weighted by Crippen LogP contribution is -2.13. The van der Waals surface area contributed by atoms with Gasteiger partial charge in [0.15, 0.2) is 0 Å². The summed E-state index contributed by atoms with van der Waals surface area (Å²) in [6.07, 6.45) is 0. The molecule has 0 aliphatic heterocycles. The Labute approximate surface area is 129 Å². The first kappa shape index (κ1) is 14.3. The highest BCUT2D eigenvalue weighted by Gasteiger charge is 2.17. The van der Waals surface area contributed by atoms with Crippen molar-refractivity contribution < 1.29 is 9.66 Å². The minimum absolute atomic E-state index is 0.0342. The van der Waals surface area contributed by atoms with Gasteiger partial charge < -0.3 is 4.74 Å². The standard InChI is InChI=1S/C15H12N2O4S/c1-21-11-7-5-10(6-8-11)9-16-15(18)12-3-2-4-13(17(19)20)14(12)22-16/h2-8H,9H2,1H3. The number of aromatic nitrogens is 1. The van der Waals surface area contributed by atoms with E-state index in [4.69, 9.17) is 4.74 Å². The Bertz CT molecular complexity index is 896. The van der Waals surface area contributed by atoms with E-state index in [0.29, 0.717) is 16.6 Å². The van der Waals surface area contributed by atoms with E-state index in [2.05, 4.69) is 0 Å². The van der Waals surface area contributed by atoms with Crippen LogP contribution < -0.4 is 10.3 Å². The van der Waals surface area contributed by atoms with E-state index in [1.807, 2.05) is 24.3 Å². The van der Waals surface area contributed by atoms with Crippen molar-refractivity contribution in [1.82, 2.24) is 3.96 Å². The fourth-order valence-electron chi connectivity index (χ4n) is 2.22. The van der Waals surface area contributed by atoms with Gasteiger partial charge in [-0.2, -0.15) is 0 Å². The molecule has 0 amide bonds. The van der Waals surface area contributed by atoms with Crippen molar-refractivity contribution in [3.8, 4) is 5.75 Å². The number of nitro groups is 1. The number of nitrogens with zero attached hydrogens (tertiary/aromatic N) is 2. The number of methoxy groups -OCH3 is 1. The van der Waals surface area contributed by atoms with Crippen molar-refractivity contribution in [1.29, 1.82) is 0 Å². The number of fused-ring (bicyclic) bond motifs is 1. The molecule has 0 fully saturated rings. The third kappa shape index (κ3) is 2.46. The molecular formula is C15H12N2O4S. The molecule has 112 valence electrons. The van der Waals surface area contributed by atoms with Crippen molar-refractivity contribution in [3.05, 3.63) is 68.5 Å². The molecule has 0 bridgehead atoms. The predicted octanol–water partition coefficient (Wildman–Crippen LogP) is 3.03. The van der Waals surface area contributed by atoms with Gasteiger partial charge in [0.1, 0.15) is 10.4 Å². The summed E-state index contributed by atoms with van der Waals surface area (Å²) in [5.41, 5.74) is 0.685. The van der Waals surface area contributed by atoms with Crippen LogP contribution in [-0.2, 0) is 6.54 Å². The topological polar surface area (TPSA) is 74.4 Å². The summed E-state index contributed by atoms with van der Waals surface area (Å²) < 4.78 is 7.03. The molecule has 3 aromatic rings. The molecule has 0 unspecified atom stereocenters. The highest BCUT2D eigenvalue weighted by Crippen LogP contribution is 2.28. The number of benzene rings is 2. The molecule has 1 heterocycles. The molecule has 0 aliphatic rings. The van der Waals surface area contributed by atoms with Gasteiger partial charge in [0.2, 0.25) is 0 Å². The first-order valence-corrected chi connectivity index (χ1v) is 7.27. The first-order valence-electron chi connectivity index (χ1n) is 6.50. The Morgan fingerprint density at radius 3 is 2.59 bits per heavy atom. The van der Waals surface area contributed by atoms with Crippen LogP contribution in [0.3, 0.4) is 0 Å². The molecule has 3 rings (SSSR count). The Kier molecular flexibility index (Phi) is 3.64. The quantitative estimate of drug-likeness (QED) is 0.548. The summed E-state index contributed by atoms with van der Waals surface area (Å²) in [6, 6.07) is 11.9. The van der Waals surface area contributed by atoms with Gasteiger partial charge in [-0.15, -0.1) is 0 Å². The predicted molar refractivity (Wildman–Crippen MR) is 84.8 cm³/mol. The summed E-state index contributed by atoms with van der Waals surface area (Å²) in [6.45, 7) is 0.374. The summed E-state index contributed by atoms with van der Waals surface area (Å²) in [7, 11) is 1.59. The lowest BCUT2D eigenvalue weighted by atomic mass is 10.2. The normalized spacial score (nSPS) is 10.8. The minimum atomic E-state index is -0.462. The van der Waals surface area contributed by atoms with Crippen LogP contribution in [0.4, 0.5) is 5.69 Å². The van der Waals surface area contributed by atoms with Crippen molar-refractivity contribution in [2.24, 2.45) is 0 Å². The molecule has 1 aromatic heterocycles. The van der Waals surface area contributed by atoms with Gasteiger partial charge in [-0.25, -0.2) is 0 Å². The average Bonchev–Trinajstić information content (AvgIpc) is 2.84. The Hall–Kier alpha value is -2.67. The van der Waals surface area contributed by atoms with Gasteiger partial charge in [-0.1, -0.05) is 18.2 Å². The summed E-state index contributed by atoms with van der Waals surface area (Å²) in [5.74, 6) is 0.739. The second-order valence-electron chi connectivity index (χ2n) is 4.69. The molecule has 2 aromatic carbocycles. The van der Waals surface area contributed by atoms with E-state index in [-0.39, 0.29) is 11.2 Å². The van der Waals surface area contributed by atoms with Crippen molar-refractivity contribution in [3.63, 3.8) is 0 Å². The van der Waals surface area contributed by atoms with Crippen molar-refractivity contribution in [2.45, 2.75) is 6.54 Å². The molecule has 0 saturated heterocycles. The maximum atomic E-state index is 12.4. The van der Waals surface area contributed by atoms with Crippen LogP contribution in [0.2, 0.25) is 0 Å². The van der Waals surface area contributed by atoms with Crippen LogP contribution in [0.1, 0.15) is 5.56 Å². The molecule has 6 nitrogen and oxygen atoms in total. The Balaban J connectivity index is 2.04. The minimum Gasteiger partial charge on any atom is -0.497 e. The van der Waals surface area contributed by atoms with Gasteiger partial charge in [0.05, 0.1) is 24.0 Å². The van der Waals surface area contributed by atoms with Crippen LogP contribution in [0.15, 0.2) is 47.3 Å². The van der Waals surface area contributed by atoms with Gasteiger partial charge in [-0.3, -0.25) is 18.9 Å². The number of non-ortho nitro benzene ring substituents is 1. The van der Waals surface area contributed by atoms with Crippen LogP contribution in [0.25, 0.3) is 10.1 Å². The summed E-state index contributed by atoms with van der Waals surface area (Å²) in [5, 5.41) is 11.4. The Morgan fingerprint density at radius 2 is 1.95 bits per heavy atom. The second-order valence-corrected chi connectivity index (χ2v) is 5.72. The fraction of sp³-hybridized carbons (Fsp3) is 0.133. The van der Waals surface area contributed by atoms with Crippen LogP contribution in [0, 0.1) is 10.1 Å². The van der Waals surface area contributed by atoms with Gasteiger partial charge in [0, 0.05) is 6.07 Å². The molecule has 0 saturated carbocycles. The number of rotatable bonds is 4. The zero-order valence-electron chi connectivity index (χ0n) is 11.7. The summed E-state index contributed by atoms with van der Waals surface area (Å²) >= 11 is 1.11. The van der Waals surface area contributed by atoms with Gasteiger partial charge in [0.25, 0.3) is 11.2 Å². The second kappa shape index (κ2) is 5.61. The van der Waals surface area contributed by atoms with E-state index in [1.54, 1.807) is 13.2 Å². The SMILES string of the molecule is COc1ccc(Cn2sc3c([N+](=O)[O-])cccc3c2=O)cc1. The zero-order chi connectivity index (χ0) is 15.7. The third-order valence-electron chi connectivity index (χ3n) is 3.33. The van der Waals surface area contributed by atoms with Gasteiger partial charge >= 0.3 is 0 Å². The number of ether oxygens (including phenoxy) is 1. The molecule has 7 heteroatoms.